The highest BCUT2D eigenvalue weighted by Gasteiger charge is 2.22. The standard InChI is InChI=1S/C9H10F2N2O5S/c10-8(11)6(14)4-13-19(17,18)7-2-1-5(3-12-7)9(15)16/h1-3,6,8,13-14H,4H2,(H,15,16). The van der Waals surface area contributed by atoms with Crippen LogP contribution in [-0.4, -0.2) is 48.7 Å². The molecule has 0 radical (unpaired) electrons. The summed E-state index contributed by atoms with van der Waals surface area (Å²) in [4.78, 5) is 13.9. The van der Waals surface area contributed by atoms with Crippen molar-refractivity contribution in [2.75, 3.05) is 6.54 Å². The van der Waals surface area contributed by atoms with Crippen molar-refractivity contribution in [3.8, 4) is 0 Å². The highest BCUT2D eigenvalue weighted by atomic mass is 32.2. The van der Waals surface area contributed by atoms with Crippen LogP contribution in [0.4, 0.5) is 8.78 Å². The van der Waals surface area contributed by atoms with Gasteiger partial charge in [-0.25, -0.2) is 31.7 Å². The number of sulfonamides is 1. The average Bonchev–Trinajstić information content (AvgIpc) is 2.36. The number of nitrogens with one attached hydrogen (secondary N) is 1. The fourth-order valence-electron chi connectivity index (χ4n) is 1.02. The van der Waals surface area contributed by atoms with E-state index in [0.29, 0.717) is 0 Å². The highest BCUT2D eigenvalue weighted by molar-refractivity contribution is 7.89. The predicted molar refractivity (Wildman–Crippen MR) is 58.4 cm³/mol. The minimum absolute atomic E-state index is 0.216. The summed E-state index contributed by atoms with van der Waals surface area (Å²) in [5, 5.41) is 16.8. The molecule has 0 aliphatic heterocycles. The lowest BCUT2D eigenvalue weighted by molar-refractivity contribution is -0.000459. The Balaban J connectivity index is 2.80. The molecule has 7 nitrogen and oxygen atoms in total. The lowest BCUT2D eigenvalue weighted by Crippen LogP contribution is -2.36. The van der Waals surface area contributed by atoms with Crippen LogP contribution in [0.5, 0.6) is 0 Å². The molecule has 0 saturated heterocycles. The van der Waals surface area contributed by atoms with Gasteiger partial charge in [0.25, 0.3) is 16.4 Å². The summed E-state index contributed by atoms with van der Waals surface area (Å²) in [7, 11) is -4.18. The Morgan fingerprint density at radius 2 is 2.05 bits per heavy atom. The van der Waals surface area contributed by atoms with Crippen LogP contribution in [0.25, 0.3) is 0 Å². The number of aliphatic hydroxyl groups excluding tert-OH is 1. The number of aliphatic hydroxyl groups is 1. The molecule has 0 saturated carbocycles. The highest BCUT2D eigenvalue weighted by Crippen LogP contribution is 2.07. The van der Waals surface area contributed by atoms with E-state index in [1.807, 2.05) is 0 Å². The third-order valence-electron chi connectivity index (χ3n) is 2.03. The smallest absolute Gasteiger partial charge is 0.337 e. The molecule has 0 spiro atoms. The van der Waals surface area contributed by atoms with Crippen molar-refractivity contribution in [3.63, 3.8) is 0 Å². The van der Waals surface area contributed by atoms with Gasteiger partial charge in [-0.1, -0.05) is 0 Å². The van der Waals surface area contributed by atoms with Gasteiger partial charge in [-0.05, 0) is 12.1 Å². The molecule has 0 aromatic carbocycles. The lowest BCUT2D eigenvalue weighted by atomic mass is 10.3. The summed E-state index contributed by atoms with van der Waals surface area (Å²) in [6.07, 6.45) is -4.39. The number of aromatic nitrogens is 1. The molecule has 106 valence electrons. The SMILES string of the molecule is O=C(O)c1ccc(S(=O)(=O)NCC(O)C(F)F)nc1. The van der Waals surface area contributed by atoms with Crippen LogP contribution >= 0.6 is 0 Å². The Labute approximate surface area is 107 Å². The summed E-state index contributed by atoms with van der Waals surface area (Å²) >= 11 is 0. The topological polar surface area (TPSA) is 117 Å². The minimum atomic E-state index is -4.18. The summed E-state index contributed by atoms with van der Waals surface area (Å²) in [6, 6.07) is 1.92. The van der Waals surface area contributed by atoms with Gasteiger partial charge in [0.05, 0.1) is 5.56 Å². The molecule has 19 heavy (non-hydrogen) atoms. The summed E-state index contributed by atoms with van der Waals surface area (Å²) in [6.45, 7) is -0.873. The van der Waals surface area contributed by atoms with Gasteiger partial charge in [-0.3, -0.25) is 0 Å². The van der Waals surface area contributed by atoms with E-state index in [0.717, 1.165) is 18.3 Å². The number of hydrogen-bond acceptors (Lipinski definition) is 5. The zero-order valence-corrected chi connectivity index (χ0v) is 10.1. The number of hydrogen-bond donors (Lipinski definition) is 3. The van der Waals surface area contributed by atoms with Crippen molar-refractivity contribution in [2.45, 2.75) is 17.6 Å². The quantitative estimate of drug-likeness (QED) is 0.662. The summed E-state index contributed by atoms with van der Waals surface area (Å²) in [5.74, 6) is -1.28. The molecule has 1 aromatic rings. The van der Waals surface area contributed by atoms with Crippen LogP contribution in [0.3, 0.4) is 0 Å². The third kappa shape index (κ3) is 4.19. The van der Waals surface area contributed by atoms with Crippen LogP contribution in [0, 0.1) is 0 Å². The van der Waals surface area contributed by atoms with Crippen molar-refractivity contribution in [1.82, 2.24) is 9.71 Å². The van der Waals surface area contributed by atoms with E-state index < -0.39 is 40.1 Å². The zero-order valence-electron chi connectivity index (χ0n) is 9.32. The van der Waals surface area contributed by atoms with Crippen molar-refractivity contribution < 1.29 is 32.2 Å². The molecule has 0 aliphatic rings. The number of alkyl halides is 2. The maximum Gasteiger partial charge on any atom is 0.337 e. The average molecular weight is 296 g/mol. The number of rotatable bonds is 6. The Bertz CT molecular complexity index is 546. The van der Waals surface area contributed by atoms with E-state index in [1.165, 1.54) is 0 Å². The summed E-state index contributed by atoms with van der Waals surface area (Å²) in [5.41, 5.74) is -0.216. The van der Waals surface area contributed by atoms with E-state index in [2.05, 4.69) is 4.98 Å². The number of carboxylic acids is 1. The van der Waals surface area contributed by atoms with Gasteiger partial charge in [0.1, 0.15) is 6.10 Å². The maximum absolute atomic E-state index is 12.0. The van der Waals surface area contributed by atoms with Gasteiger partial charge in [0.2, 0.25) is 0 Å². The molecule has 1 heterocycles. The molecular formula is C9H10F2N2O5S. The predicted octanol–water partition coefficient (Wildman–Crippen LogP) is -0.316. The van der Waals surface area contributed by atoms with Crippen molar-refractivity contribution in [3.05, 3.63) is 23.9 Å². The van der Waals surface area contributed by atoms with Gasteiger partial charge < -0.3 is 10.2 Å². The molecule has 1 aromatic heterocycles. The van der Waals surface area contributed by atoms with Crippen molar-refractivity contribution in [1.29, 1.82) is 0 Å². The monoisotopic (exact) mass is 296 g/mol. The molecule has 3 N–H and O–H groups in total. The van der Waals surface area contributed by atoms with Gasteiger partial charge in [0, 0.05) is 12.7 Å². The molecule has 0 fully saturated rings. The van der Waals surface area contributed by atoms with Crippen molar-refractivity contribution in [2.24, 2.45) is 0 Å². The molecule has 10 heteroatoms. The number of aromatic carboxylic acids is 1. The van der Waals surface area contributed by atoms with Crippen LogP contribution in [0.2, 0.25) is 0 Å². The fraction of sp³-hybridized carbons (Fsp3) is 0.333. The van der Waals surface area contributed by atoms with Crippen LogP contribution in [0.15, 0.2) is 23.4 Å². The Hall–Kier alpha value is -1.65. The Morgan fingerprint density at radius 3 is 2.47 bits per heavy atom. The Kier molecular flexibility index (Phi) is 4.86. The van der Waals surface area contributed by atoms with E-state index in [4.69, 9.17) is 10.2 Å². The molecule has 0 bridgehead atoms. The van der Waals surface area contributed by atoms with Gasteiger partial charge in [-0.15, -0.1) is 0 Å². The third-order valence-corrected chi connectivity index (χ3v) is 3.37. The fourth-order valence-corrected chi connectivity index (χ4v) is 2.00. The lowest BCUT2D eigenvalue weighted by Gasteiger charge is -2.10. The second kappa shape index (κ2) is 5.99. The first kappa shape index (κ1) is 15.4. The van der Waals surface area contributed by atoms with Crippen molar-refractivity contribution >= 4 is 16.0 Å². The number of carboxylic acid groups (broad SMARTS) is 1. The first-order valence-corrected chi connectivity index (χ1v) is 6.37. The van der Waals surface area contributed by atoms with Gasteiger partial charge >= 0.3 is 5.97 Å². The van der Waals surface area contributed by atoms with Crippen LogP contribution in [0.1, 0.15) is 10.4 Å². The van der Waals surface area contributed by atoms with Crippen LogP contribution in [-0.2, 0) is 10.0 Å². The molecular weight excluding hydrogens is 286 g/mol. The normalized spacial score (nSPS) is 13.5. The number of halogens is 2. The first-order chi connectivity index (χ1) is 8.74. The second-order valence-electron chi connectivity index (χ2n) is 3.44. The van der Waals surface area contributed by atoms with E-state index in [1.54, 1.807) is 4.72 Å². The first-order valence-electron chi connectivity index (χ1n) is 4.89. The van der Waals surface area contributed by atoms with E-state index >= 15 is 0 Å². The summed E-state index contributed by atoms with van der Waals surface area (Å²) < 4.78 is 48.8. The molecule has 1 unspecified atom stereocenters. The van der Waals surface area contributed by atoms with E-state index in [-0.39, 0.29) is 5.56 Å². The zero-order chi connectivity index (χ0) is 14.6. The van der Waals surface area contributed by atoms with Gasteiger partial charge in [-0.2, -0.15) is 0 Å². The minimum Gasteiger partial charge on any atom is -0.478 e. The molecule has 1 atom stereocenters. The number of carbonyl (C=O) groups is 1. The molecule has 1 rings (SSSR count). The van der Waals surface area contributed by atoms with E-state index in [9.17, 15) is 22.0 Å². The van der Waals surface area contributed by atoms with Crippen LogP contribution < -0.4 is 4.72 Å². The number of nitrogens with zero attached hydrogens (tertiary/aromatic N) is 1. The largest absolute Gasteiger partial charge is 0.478 e. The maximum atomic E-state index is 12.0. The number of pyridine rings is 1. The molecule has 0 aliphatic carbocycles. The van der Waals surface area contributed by atoms with Gasteiger partial charge in [0.15, 0.2) is 5.03 Å². The molecule has 0 amide bonds. The Morgan fingerprint density at radius 1 is 1.42 bits per heavy atom. The second-order valence-corrected chi connectivity index (χ2v) is 5.16.